The van der Waals surface area contributed by atoms with Crippen molar-refractivity contribution in [2.75, 3.05) is 32.4 Å². The second-order valence-corrected chi connectivity index (χ2v) is 9.41. The molecule has 2 aliphatic rings. The van der Waals surface area contributed by atoms with Gasteiger partial charge in [-0.3, -0.25) is 4.79 Å². The first kappa shape index (κ1) is 22.2. The molecule has 33 heavy (non-hydrogen) atoms. The van der Waals surface area contributed by atoms with Crippen molar-refractivity contribution in [2.24, 2.45) is 0 Å². The number of carbonyl (C=O) groups is 1. The molecule has 0 radical (unpaired) electrons. The van der Waals surface area contributed by atoms with E-state index >= 15 is 0 Å². The van der Waals surface area contributed by atoms with Crippen LogP contribution in [0.25, 0.3) is 0 Å². The summed E-state index contributed by atoms with van der Waals surface area (Å²) in [4.78, 5) is 18.5. The maximum atomic E-state index is 13.2. The second-order valence-electron chi connectivity index (χ2n) is 7.94. The standard InChI is InChI=1S/C24H23ClN2O5S/c1-29-10-11-30-21(16-4-2-3-5-17(16)25)20-13-26-23(33-20)27-22(28)24(8-9-24)15-6-7-18-19(12-15)32-14-31-18/h2-7,12-13,21H,8-11,14H2,1H3,(H,26,27,28). The fourth-order valence-electron chi connectivity index (χ4n) is 3.91. The zero-order valence-corrected chi connectivity index (χ0v) is 19.6. The van der Waals surface area contributed by atoms with Gasteiger partial charge in [-0.05, 0) is 36.6 Å². The Morgan fingerprint density at radius 2 is 2.03 bits per heavy atom. The van der Waals surface area contributed by atoms with Crippen molar-refractivity contribution >= 4 is 34.0 Å². The average Bonchev–Trinajstić information content (AvgIpc) is 3.28. The van der Waals surface area contributed by atoms with Gasteiger partial charge in [0, 0.05) is 23.9 Å². The highest BCUT2D eigenvalue weighted by Gasteiger charge is 2.52. The number of amides is 1. The quantitative estimate of drug-likeness (QED) is 0.431. The fourth-order valence-corrected chi connectivity index (χ4v) is 5.03. The molecule has 3 aromatic rings. The van der Waals surface area contributed by atoms with Crippen molar-refractivity contribution in [1.29, 1.82) is 0 Å². The first-order valence-corrected chi connectivity index (χ1v) is 11.8. The first-order chi connectivity index (χ1) is 16.1. The zero-order chi connectivity index (χ0) is 22.8. The lowest BCUT2D eigenvalue weighted by atomic mass is 9.94. The minimum absolute atomic E-state index is 0.0724. The molecule has 5 rings (SSSR count). The molecule has 9 heteroatoms. The van der Waals surface area contributed by atoms with Crippen LogP contribution in [0.5, 0.6) is 11.5 Å². The number of hydrogen-bond donors (Lipinski definition) is 1. The zero-order valence-electron chi connectivity index (χ0n) is 18.0. The van der Waals surface area contributed by atoms with E-state index in [0.717, 1.165) is 28.8 Å². The number of thiazole rings is 1. The Bertz CT molecular complexity index is 1160. The summed E-state index contributed by atoms with van der Waals surface area (Å²) >= 11 is 7.81. The number of halogens is 1. The second kappa shape index (κ2) is 9.30. The minimum atomic E-state index is -0.566. The molecule has 2 aromatic carbocycles. The van der Waals surface area contributed by atoms with E-state index in [9.17, 15) is 4.79 Å². The monoisotopic (exact) mass is 486 g/mol. The number of carbonyl (C=O) groups excluding carboxylic acids is 1. The van der Waals surface area contributed by atoms with Gasteiger partial charge in [-0.2, -0.15) is 0 Å². The van der Waals surface area contributed by atoms with Crippen LogP contribution >= 0.6 is 22.9 Å². The summed E-state index contributed by atoms with van der Waals surface area (Å²) in [7, 11) is 1.63. The van der Waals surface area contributed by atoms with Gasteiger partial charge in [-0.1, -0.05) is 47.2 Å². The third-order valence-corrected chi connectivity index (χ3v) is 7.17. The minimum Gasteiger partial charge on any atom is -0.454 e. The van der Waals surface area contributed by atoms with Crippen LogP contribution in [0.3, 0.4) is 0 Å². The van der Waals surface area contributed by atoms with Crippen LogP contribution in [0, 0.1) is 0 Å². The molecular weight excluding hydrogens is 464 g/mol. The Morgan fingerprint density at radius 3 is 2.82 bits per heavy atom. The lowest BCUT2D eigenvalue weighted by Crippen LogP contribution is -2.27. The molecule has 1 aromatic heterocycles. The number of rotatable bonds is 9. The summed E-state index contributed by atoms with van der Waals surface area (Å²) in [5, 5.41) is 4.14. The van der Waals surface area contributed by atoms with E-state index < -0.39 is 11.5 Å². The molecule has 1 saturated carbocycles. The van der Waals surface area contributed by atoms with Gasteiger partial charge < -0.3 is 24.3 Å². The predicted molar refractivity (Wildman–Crippen MR) is 125 cm³/mol. The normalized spacial score (nSPS) is 16.4. The molecule has 1 N–H and O–H groups in total. The summed E-state index contributed by atoms with van der Waals surface area (Å²) in [6.45, 7) is 1.07. The highest BCUT2D eigenvalue weighted by atomic mass is 35.5. The number of hydrogen-bond acceptors (Lipinski definition) is 7. The van der Waals surface area contributed by atoms with Gasteiger partial charge in [0.05, 0.1) is 23.5 Å². The van der Waals surface area contributed by atoms with Gasteiger partial charge in [-0.15, -0.1) is 0 Å². The predicted octanol–water partition coefficient (Wildman–Crippen LogP) is 4.95. The number of aromatic nitrogens is 1. The Kier molecular flexibility index (Phi) is 6.25. The van der Waals surface area contributed by atoms with E-state index in [1.165, 1.54) is 11.3 Å². The van der Waals surface area contributed by atoms with E-state index in [1.807, 2.05) is 42.5 Å². The van der Waals surface area contributed by atoms with E-state index in [2.05, 4.69) is 10.3 Å². The molecule has 1 atom stereocenters. The molecule has 0 saturated heterocycles. The van der Waals surface area contributed by atoms with E-state index in [4.69, 9.17) is 30.5 Å². The van der Waals surface area contributed by atoms with Crippen LogP contribution in [-0.4, -0.2) is 38.0 Å². The Labute approximate surface area is 200 Å². The van der Waals surface area contributed by atoms with Gasteiger partial charge in [0.1, 0.15) is 6.10 Å². The smallest absolute Gasteiger partial charge is 0.236 e. The third kappa shape index (κ3) is 4.44. The summed E-state index contributed by atoms with van der Waals surface area (Å²) in [6, 6.07) is 13.2. The first-order valence-electron chi connectivity index (χ1n) is 10.6. The van der Waals surface area contributed by atoms with Crippen LogP contribution in [0.1, 0.15) is 34.9 Å². The number of benzene rings is 2. The number of nitrogens with one attached hydrogen (secondary N) is 1. The highest BCUT2D eigenvalue weighted by molar-refractivity contribution is 7.15. The van der Waals surface area contributed by atoms with Crippen molar-refractivity contribution in [3.63, 3.8) is 0 Å². The van der Waals surface area contributed by atoms with Crippen LogP contribution in [0.2, 0.25) is 5.02 Å². The lowest BCUT2D eigenvalue weighted by Gasteiger charge is -2.18. The van der Waals surface area contributed by atoms with Crippen molar-refractivity contribution in [3.8, 4) is 11.5 Å². The average molecular weight is 487 g/mol. The van der Waals surface area contributed by atoms with Crippen molar-refractivity contribution in [2.45, 2.75) is 24.4 Å². The number of fused-ring (bicyclic) bond motifs is 1. The highest BCUT2D eigenvalue weighted by Crippen LogP contribution is 2.51. The third-order valence-electron chi connectivity index (χ3n) is 5.87. The Hall–Kier alpha value is -2.65. The van der Waals surface area contributed by atoms with Gasteiger partial charge in [0.15, 0.2) is 16.6 Å². The molecule has 1 aliphatic carbocycles. The van der Waals surface area contributed by atoms with Crippen molar-refractivity contribution in [1.82, 2.24) is 4.98 Å². The molecule has 2 heterocycles. The molecule has 1 aliphatic heterocycles. The lowest BCUT2D eigenvalue weighted by molar-refractivity contribution is -0.118. The number of anilines is 1. The maximum Gasteiger partial charge on any atom is 0.236 e. The summed E-state index contributed by atoms with van der Waals surface area (Å²) in [6.07, 6.45) is 2.88. The molecule has 0 bridgehead atoms. The Morgan fingerprint density at radius 1 is 1.21 bits per heavy atom. The van der Waals surface area contributed by atoms with E-state index in [1.54, 1.807) is 13.3 Å². The molecule has 0 spiro atoms. The van der Waals surface area contributed by atoms with Crippen LogP contribution in [0.15, 0.2) is 48.7 Å². The Balaban J connectivity index is 1.34. The van der Waals surface area contributed by atoms with Crippen LogP contribution in [0.4, 0.5) is 5.13 Å². The molecular formula is C24H23ClN2O5S. The molecule has 1 amide bonds. The van der Waals surface area contributed by atoms with Gasteiger partial charge >= 0.3 is 0 Å². The summed E-state index contributed by atoms with van der Waals surface area (Å²) in [5.74, 6) is 1.31. The molecule has 1 unspecified atom stereocenters. The molecule has 172 valence electrons. The number of ether oxygens (including phenoxy) is 4. The summed E-state index contributed by atoms with van der Waals surface area (Å²) in [5.41, 5.74) is 1.21. The SMILES string of the molecule is COCCOC(c1cnc(NC(=O)C2(c3ccc4c(c3)OCO4)CC2)s1)c1ccccc1Cl. The molecule has 1 fully saturated rings. The van der Waals surface area contributed by atoms with Crippen LogP contribution < -0.4 is 14.8 Å². The van der Waals surface area contributed by atoms with E-state index in [-0.39, 0.29) is 12.7 Å². The molecule has 7 nitrogen and oxygen atoms in total. The van der Waals surface area contributed by atoms with Gasteiger partial charge in [-0.25, -0.2) is 4.98 Å². The van der Waals surface area contributed by atoms with Crippen molar-refractivity contribution < 1.29 is 23.7 Å². The number of methoxy groups -OCH3 is 1. The van der Waals surface area contributed by atoms with Crippen LogP contribution in [-0.2, 0) is 19.7 Å². The summed E-state index contributed by atoms with van der Waals surface area (Å²) < 4.78 is 22.1. The van der Waals surface area contributed by atoms with Crippen molar-refractivity contribution in [3.05, 3.63) is 69.7 Å². The largest absolute Gasteiger partial charge is 0.454 e. The van der Waals surface area contributed by atoms with Gasteiger partial charge in [0.25, 0.3) is 0 Å². The fraction of sp³-hybridized carbons (Fsp3) is 0.333. The van der Waals surface area contributed by atoms with Gasteiger partial charge in [0.2, 0.25) is 12.7 Å². The van der Waals surface area contributed by atoms with E-state index in [0.29, 0.717) is 34.9 Å². The maximum absolute atomic E-state index is 13.2. The topological polar surface area (TPSA) is 78.9 Å². The number of nitrogens with zero attached hydrogens (tertiary/aromatic N) is 1.